The zero-order valence-electron chi connectivity index (χ0n) is 23.7. The molecule has 2 aliphatic heterocycles. The van der Waals surface area contributed by atoms with Crippen LogP contribution in [0.5, 0.6) is 0 Å². The first-order chi connectivity index (χ1) is 20.7. The summed E-state index contributed by atoms with van der Waals surface area (Å²) in [7, 11) is 0. The second-order valence-electron chi connectivity index (χ2n) is 11.1. The van der Waals surface area contributed by atoms with Gasteiger partial charge in [0.2, 0.25) is 0 Å². The van der Waals surface area contributed by atoms with Crippen LogP contribution in [-0.4, -0.2) is 208 Å². The van der Waals surface area contributed by atoms with Crippen LogP contribution < -0.4 is 5.32 Å². The Hall–Kier alpha value is -1.02. The number of aliphatic hydroxyl groups is 14. The molecule has 3 aliphatic rings. The smallest absolute Gasteiger partial charge is 0.187 e. The van der Waals surface area contributed by atoms with E-state index in [0.29, 0.717) is 0 Å². The zero-order valence-corrected chi connectivity index (χ0v) is 23.7. The second kappa shape index (κ2) is 16.2. The fourth-order valence-electron chi connectivity index (χ4n) is 5.38. The van der Waals surface area contributed by atoms with Crippen LogP contribution in [0.3, 0.4) is 0 Å². The van der Waals surface area contributed by atoms with Gasteiger partial charge in [-0.2, -0.15) is 0 Å². The molecule has 19 nitrogen and oxygen atoms in total. The lowest BCUT2D eigenvalue weighted by molar-refractivity contribution is -0.364. The Morgan fingerprint density at radius 2 is 1.30 bits per heavy atom. The van der Waals surface area contributed by atoms with Crippen LogP contribution in [0.4, 0.5) is 0 Å². The van der Waals surface area contributed by atoms with Crippen molar-refractivity contribution in [1.29, 1.82) is 0 Å². The van der Waals surface area contributed by atoms with Crippen molar-refractivity contribution in [3.63, 3.8) is 0 Å². The van der Waals surface area contributed by atoms with Gasteiger partial charge in [0.25, 0.3) is 0 Å². The van der Waals surface area contributed by atoms with Gasteiger partial charge in [-0.15, -0.1) is 0 Å². The number of rotatable bonds is 13. The van der Waals surface area contributed by atoms with Crippen molar-refractivity contribution < 1.29 is 90.4 Å². The topological polar surface area (TPSA) is 332 Å². The van der Waals surface area contributed by atoms with E-state index in [0.717, 1.165) is 0 Å². The molecule has 0 bridgehead atoms. The molecule has 0 amide bonds. The molecule has 2 heterocycles. The fraction of sp³-hybridized carbons (Fsp3) is 0.920. The van der Waals surface area contributed by atoms with E-state index in [4.69, 9.17) is 18.9 Å². The molecule has 0 radical (unpaired) electrons. The largest absolute Gasteiger partial charge is 0.394 e. The normalized spacial score (nSPS) is 44.5. The van der Waals surface area contributed by atoms with Gasteiger partial charge in [-0.25, -0.2) is 0 Å². The molecule has 0 aromatic heterocycles. The lowest BCUT2D eigenvalue weighted by atomic mass is 9.86. The Kier molecular flexibility index (Phi) is 13.8. The van der Waals surface area contributed by atoms with Gasteiger partial charge in [-0.3, -0.25) is 0 Å². The van der Waals surface area contributed by atoms with Crippen LogP contribution in [0.2, 0.25) is 0 Å². The van der Waals surface area contributed by atoms with Crippen LogP contribution in [-0.2, 0) is 18.9 Å². The van der Waals surface area contributed by atoms with Crippen LogP contribution in [0.1, 0.15) is 6.92 Å². The van der Waals surface area contributed by atoms with Gasteiger partial charge >= 0.3 is 0 Å². The highest BCUT2D eigenvalue weighted by Gasteiger charge is 2.52. The Bertz CT molecular complexity index is 910. The quantitative estimate of drug-likeness (QED) is 0.0825. The van der Waals surface area contributed by atoms with Crippen molar-refractivity contribution in [2.45, 2.75) is 117 Å². The maximum absolute atomic E-state index is 10.9. The highest BCUT2D eigenvalue weighted by atomic mass is 16.7. The van der Waals surface area contributed by atoms with E-state index in [1.165, 1.54) is 13.0 Å². The summed E-state index contributed by atoms with van der Waals surface area (Å²) in [4.78, 5) is 0. The third-order valence-corrected chi connectivity index (χ3v) is 8.06. The molecule has 3 rings (SSSR count). The van der Waals surface area contributed by atoms with E-state index in [-0.39, 0.29) is 5.57 Å². The minimum Gasteiger partial charge on any atom is -0.394 e. The molecule has 0 saturated carbocycles. The van der Waals surface area contributed by atoms with Crippen molar-refractivity contribution >= 4 is 0 Å². The minimum atomic E-state index is -1.97. The summed E-state index contributed by atoms with van der Waals surface area (Å²) in [6, 6.07) is -2.67. The Balaban J connectivity index is 1.76. The van der Waals surface area contributed by atoms with Crippen molar-refractivity contribution in [3.05, 3.63) is 11.6 Å². The average molecular weight is 648 g/mol. The van der Waals surface area contributed by atoms with Crippen molar-refractivity contribution in [2.75, 3.05) is 26.4 Å². The van der Waals surface area contributed by atoms with Crippen molar-refractivity contribution in [3.8, 4) is 0 Å². The summed E-state index contributed by atoms with van der Waals surface area (Å²) in [6.07, 6.45) is -26.0. The molecule has 0 aromatic carbocycles. The summed E-state index contributed by atoms with van der Waals surface area (Å²) in [5.41, 5.74) is -0.0883. The highest BCUT2D eigenvalue weighted by Crippen LogP contribution is 2.32. The average Bonchev–Trinajstić information content (AvgIpc) is 3.01. The monoisotopic (exact) mass is 647 g/mol. The molecule has 15 N–H and O–H groups in total. The van der Waals surface area contributed by atoms with E-state index < -0.39 is 137 Å². The lowest BCUT2D eigenvalue weighted by Crippen LogP contribution is -2.66. The Morgan fingerprint density at radius 3 is 1.84 bits per heavy atom. The highest BCUT2D eigenvalue weighted by molar-refractivity contribution is 5.23. The molecule has 0 spiro atoms. The van der Waals surface area contributed by atoms with Crippen LogP contribution >= 0.6 is 0 Å². The molecular weight excluding hydrogens is 602 g/mol. The molecule has 19 heteroatoms. The zero-order chi connectivity index (χ0) is 33.0. The molecular formula is C25H45NO18. The summed E-state index contributed by atoms with van der Waals surface area (Å²) in [6.45, 7) is -2.03. The first kappa shape index (κ1) is 37.4. The van der Waals surface area contributed by atoms with E-state index in [1.807, 2.05) is 0 Å². The predicted molar refractivity (Wildman–Crippen MR) is 140 cm³/mol. The number of ether oxygens (including phenoxy) is 4. The summed E-state index contributed by atoms with van der Waals surface area (Å²) in [5, 5.41) is 145. The third-order valence-electron chi connectivity index (χ3n) is 8.06. The molecule has 1 aliphatic carbocycles. The van der Waals surface area contributed by atoms with E-state index in [2.05, 4.69) is 5.32 Å². The molecule has 44 heavy (non-hydrogen) atoms. The van der Waals surface area contributed by atoms with Gasteiger partial charge in [0, 0.05) is 0 Å². The van der Waals surface area contributed by atoms with Gasteiger partial charge in [0.05, 0.1) is 56.8 Å². The number of aliphatic hydroxyl groups excluding tert-OH is 14. The maximum atomic E-state index is 10.9. The molecule has 2 saturated heterocycles. The predicted octanol–water partition coefficient (Wildman–Crippen LogP) is -8.93. The number of hydrogen-bond acceptors (Lipinski definition) is 19. The Labute approximate surface area is 251 Å². The standard InChI is InChI=1S/C25H45NO18/c1-7(31)14(33)13(10(32)4-28)26-9-2-8(3-27)22(18(37)15(9)34)43-25-21(40)19(38)23(12(6-30)42-25)44-24-20(39)17(36)16(35)11(5-29)41-24/h2,7,9-40H,3-6H2,1H3/t7?,9?,10-,11?,12-,13?,14?,15+,16-,17?,18?,19-,20-,21?,22?,23?,24?,25?/m1/s1. The molecule has 0 aromatic rings. The van der Waals surface area contributed by atoms with Crippen LogP contribution in [0.15, 0.2) is 11.6 Å². The summed E-state index contributed by atoms with van der Waals surface area (Å²) < 4.78 is 21.9. The van der Waals surface area contributed by atoms with E-state index >= 15 is 0 Å². The number of nitrogens with one attached hydrogen (secondary N) is 1. The van der Waals surface area contributed by atoms with E-state index in [9.17, 15) is 71.5 Å². The Morgan fingerprint density at radius 1 is 0.727 bits per heavy atom. The summed E-state index contributed by atoms with van der Waals surface area (Å²) >= 11 is 0. The molecule has 2 fully saturated rings. The van der Waals surface area contributed by atoms with Crippen molar-refractivity contribution in [2.24, 2.45) is 0 Å². The van der Waals surface area contributed by atoms with Gasteiger partial charge in [-0.05, 0) is 12.5 Å². The first-order valence-electron chi connectivity index (χ1n) is 14.0. The first-order valence-corrected chi connectivity index (χ1v) is 14.0. The van der Waals surface area contributed by atoms with Crippen molar-refractivity contribution in [1.82, 2.24) is 5.32 Å². The third kappa shape index (κ3) is 7.91. The molecule has 12 unspecified atom stereocenters. The van der Waals surface area contributed by atoms with Gasteiger partial charge in [-0.1, -0.05) is 6.08 Å². The minimum absolute atomic E-state index is 0.0883. The van der Waals surface area contributed by atoms with Crippen LogP contribution in [0.25, 0.3) is 0 Å². The second-order valence-corrected chi connectivity index (χ2v) is 11.1. The fourth-order valence-corrected chi connectivity index (χ4v) is 5.38. The van der Waals surface area contributed by atoms with E-state index in [1.54, 1.807) is 0 Å². The summed E-state index contributed by atoms with van der Waals surface area (Å²) in [5.74, 6) is 0. The lowest BCUT2D eigenvalue weighted by Gasteiger charge is -2.47. The van der Waals surface area contributed by atoms with Gasteiger partial charge in [0.1, 0.15) is 67.1 Å². The molecule has 18 atom stereocenters. The molecule has 258 valence electrons. The van der Waals surface area contributed by atoms with Gasteiger partial charge in [0.15, 0.2) is 12.6 Å². The van der Waals surface area contributed by atoms with Crippen LogP contribution in [0, 0.1) is 0 Å². The number of hydrogen-bond donors (Lipinski definition) is 15. The van der Waals surface area contributed by atoms with Gasteiger partial charge < -0.3 is 95.8 Å². The SMILES string of the molecule is CC(O)C(O)C(NC1C=C(CO)C(OC2O[C@H](CO)C(OC3OC(CO)[C@@H](O)C(O)[C@H]3O)[C@H](O)C2O)C(O)[C@H]1O)[C@H](O)CO. The maximum Gasteiger partial charge on any atom is 0.187 e.